The molecular weight excluding hydrogens is 206 g/mol. The first-order valence-corrected chi connectivity index (χ1v) is 5.29. The second-order valence-corrected chi connectivity index (χ2v) is 4.55. The van der Waals surface area contributed by atoms with Crippen LogP contribution in [-0.2, 0) is 0 Å². The van der Waals surface area contributed by atoms with Gasteiger partial charge < -0.3 is 10.0 Å². The van der Waals surface area contributed by atoms with Gasteiger partial charge in [0, 0.05) is 12.4 Å². The molecule has 2 rings (SSSR count). The largest absolute Gasteiger partial charge is 0.386 e. The molecule has 1 aliphatic rings. The Labute approximate surface area is 94.1 Å². The Morgan fingerprint density at radius 2 is 2.00 bits per heavy atom. The van der Waals surface area contributed by atoms with Gasteiger partial charge in [-0.1, -0.05) is 13.8 Å². The molecule has 86 valence electrons. The van der Waals surface area contributed by atoms with Crippen LogP contribution in [0.3, 0.4) is 0 Å². The summed E-state index contributed by atoms with van der Waals surface area (Å²) in [5, 5.41) is 10.0. The number of nitrogens with zero attached hydrogens (tertiary/aromatic N) is 3. The van der Waals surface area contributed by atoms with Crippen molar-refractivity contribution in [2.24, 2.45) is 5.92 Å². The summed E-state index contributed by atoms with van der Waals surface area (Å²) < 4.78 is 0. The van der Waals surface area contributed by atoms with Crippen molar-refractivity contribution < 1.29 is 9.90 Å². The first kappa shape index (κ1) is 11.0. The van der Waals surface area contributed by atoms with Crippen molar-refractivity contribution in [2.75, 3.05) is 13.1 Å². The second-order valence-electron chi connectivity index (χ2n) is 4.55. The van der Waals surface area contributed by atoms with Gasteiger partial charge in [-0.2, -0.15) is 0 Å². The van der Waals surface area contributed by atoms with Crippen LogP contribution >= 0.6 is 0 Å². The number of aromatic nitrogens is 2. The standard InChI is InChI=1S/C11H15N3O2/c1-8(2)11(16)5-14(6-11)10(15)9-3-12-7-13-4-9/h3-4,7-8,16H,5-6H2,1-2H3. The Morgan fingerprint density at radius 3 is 2.50 bits per heavy atom. The highest BCUT2D eigenvalue weighted by Crippen LogP contribution is 2.29. The quantitative estimate of drug-likeness (QED) is 0.781. The van der Waals surface area contributed by atoms with Crippen molar-refractivity contribution in [3.63, 3.8) is 0 Å². The minimum Gasteiger partial charge on any atom is -0.386 e. The van der Waals surface area contributed by atoms with Crippen LogP contribution < -0.4 is 0 Å². The van der Waals surface area contributed by atoms with Gasteiger partial charge in [-0.3, -0.25) is 4.79 Å². The number of carbonyl (C=O) groups excluding carboxylic acids is 1. The molecule has 0 radical (unpaired) electrons. The first-order valence-electron chi connectivity index (χ1n) is 5.29. The molecule has 1 aromatic heterocycles. The van der Waals surface area contributed by atoms with Crippen LogP contribution in [0.5, 0.6) is 0 Å². The first-order chi connectivity index (χ1) is 7.53. The third-order valence-electron chi connectivity index (χ3n) is 3.10. The number of hydrogen-bond donors (Lipinski definition) is 1. The van der Waals surface area contributed by atoms with E-state index in [0.717, 1.165) is 0 Å². The summed E-state index contributed by atoms with van der Waals surface area (Å²) in [5.74, 6) is 0.0366. The van der Waals surface area contributed by atoms with Crippen LogP contribution in [0.1, 0.15) is 24.2 Å². The van der Waals surface area contributed by atoms with Crippen molar-refractivity contribution >= 4 is 5.91 Å². The normalized spacial score (nSPS) is 18.4. The predicted octanol–water partition coefficient (Wildman–Crippen LogP) is 0.320. The van der Waals surface area contributed by atoms with Crippen molar-refractivity contribution in [3.05, 3.63) is 24.3 Å². The fraction of sp³-hybridized carbons (Fsp3) is 0.545. The molecule has 2 heterocycles. The second kappa shape index (κ2) is 3.83. The zero-order valence-electron chi connectivity index (χ0n) is 9.42. The summed E-state index contributed by atoms with van der Waals surface area (Å²) in [7, 11) is 0. The summed E-state index contributed by atoms with van der Waals surface area (Å²) in [4.78, 5) is 21.1. The lowest BCUT2D eigenvalue weighted by Crippen LogP contribution is -2.65. The average molecular weight is 221 g/mol. The van der Waals surface area contributed by atoms with Gasteiger partial charge in [-0.05, 0) is 5.92 Å². The van der Waals surface area contributed by atoms with Crippen LogP contribution in [0.25, 0.3) is 0 Å². The highest BCUT2D eigenvalue weighted by Gasteiger charge is 2.45. The smallest absolute Gasteiger partial charge is 0.257 e. The van der Waals surface area contributed by atoms with Crippen LogP contribution in [0, 0.1) is 5.92 Å². The third kappa shape index (κ3) is 1.78. The van der Waals surface area contributed by atoms with E-state index in [1.165, 1.54) is 18.7 Å². The fourth-order valence-corrected chi connectivity index (χ4v) is 1.72. The number of aliphatic hydroxyl groups is 1. The molecular formula is C11H15N3O2. The van der Waals surface area contributed by atoms with Crippen LogP contribution in [0.15, 0.2) is 18.7 Å². The molecule has 0 spiro atoms. The molecule has 16 heavy (non-hydrogen) atoms. The molecule has 1 saturated heterocycles. The Hall–Kier alpha value is -1.49. The number of amides is 1. The van der Waals surface area contributed by atoms with Crippen LogP contribution in [0.2, 0.25) is 0 Å². The van der Waals surface area contributed by atoms with E-state index in [0.29, 0.717) is 18.7 Å². The predicted molar refractivity (Wildman–Crippen MR) is 57.7 cm³/mol. The molecule has 1 amide bonds. The average Bonchev–Trinajstić information content (AvgIpc) is 2.25. The Kier molecular flexibility index (Phi) is 2.63. The number of β-amino-alcohol motifs (C(OH)–C–C–N with tert-alkyl or cyclic N) is 1. The van der Waals surface area contributed by atoms with E-state index in [9.17, 15) is 9.90 Å². The molecule has 1 aliphatic heterocycles. The Balaban J connectivity index is 2.01. The molecule has 1 aromatic rings. The molecule has 0 bridgehead atoms. The third-order valence-corrected chi connectivity index (χ3v) is 3.10. The maximum Gasteiger partial charge on any atom is 0.257 e. The van der Waals surface area contributed by atoms with E-state index in [-0.39, 0.29) is 11.8 Å². The minimum absolute atomic E-state index is 0.120. The summed E-state index contributed by atoms with van der Waals surface area (Å²) in [5.41, 5.74) is -0.265. The minimum atomic E-state index is -0.731. The van der Waals surface area contributed by atoms with E-state index >= 15 is 0 Å². The lowest BCUT2D eigenvalue weighted by Gasteiger charge is -2.48. The van der Waals surface area contributed by atoms with E-state index in [1.54, 1.807) is 4.90 Å². The molecule has 1 N–H and O–H groups in total. The molecule has 0 aliphatic carbocycles. The van der Waals surface area contributed by atoms with Gasteiger partial charge in [0.2, 0.25) is 0 Å². The maximum absolute atomic E-state index is 11.9. The van der Waals surface area contributed by atoms with Crippen molar-refractivity contribution in [2.45, 2.75) is 19.4 Å². The number of carbonyl (C=O) groups is 1. The Morgan fingerprint density at radius 1 is 1.44 bits per heavy atom. The molecule has 5 heteroatoms. The van der Waals surface area contributed by atoms with Gasteiger partial charge in [-0.15, -0.1) is 0 Å². The topological polar surface area (TPSA) is 66.3 Å². The highest BCUT2D eigenvalue weighted by molar-refractivity contribution is 5.94. The lowest BCUT2D eigenvalue weighted by atomic mass is 9.83. The van der Waals surface area contributed by atoms with Gasteiger partial charge in [0.05, 0.1) is 18.7 Å². The number of likely N-dealkylation sites (tertiary alicyclic amines) is 1. The van der Waals surface area contributed by atoms with Gasteiger partial charge >= 0.3 is 0 Å². The SMILES string of the molecule is CC(C)C1(O)CN(C(=O)c2cncnc2)C1. The molecule has 0 unspecified atom stereocenters. The monoisotopic (exact) mass is 221 g/mol. The highest BCUT2D eigenvalue weighted by atomic mass is 16.3. The molecule has 5 nitrogen and oxygen atoms in total. The molecule has 0 saturated carbocycles. The van der Waals surface area contributed by atoms with Crippen molar-refractivity contribution in [3.8, 4) is 0 Å². The van der Waals surface area contributed by atoms with Gasteiger partial charge in [-0.25, -0.2) is 9.97 Å². The van der Waals surface area contributed by atoms with Crippen LogP contribution in [0.4, 0.5) is 0 Å². The summed E-state index contributed by atoms with van der Waals surface area (Å²) in [6.07, 6.45) is 4.36. The maximum atomic E-state index is 11.9. The number of hydrogen-bond acceptors (Lipinski definition) is 4. The van der Waals surface area contributed by atoms with E-state index < -0.39 is 5.60 Å². The van der Waals surface area contributed by atoms with Gasteiger partial charge in [0.25, 0.3) is 5.91 Å². The van der Waals surface area contributed by atoms with E-state index in [1.807, 2.05) is 13.8 Å². The van der Waals surface area contributed by atoms with Crippen molar-refractivity contribution in [1.29, 1.82) is 0 Å². The molecule has 0 atom stereocenters. The lowest BCUT2D eigenvalue weighted by molar-refractivity contribution is -0.110. The molecule has 1 fully saturated rings. The number of rotatable bonds is 2. The Bertz CT molecular complexity index is 385. The zero-order valence-corrected chi connectivity index (χ0v) is 9.42. The van der Waals surface area contributed by atoms with Gasteiger partial charge in [0.15, 0.2) is 0 Å². The van der Waals surface area contributed by atoms with E-state index in [4.69, 9.17) is 0 Å². The summed E-state index contributed by atoms with van der Waals surface area (Å²) in [6.45, 7) is 4.68. The van der Waals surface area contributed by atoms with Crippen LogP contribution in [-0.4, -0.2) is 44.6 Å². The van der Waals surface area contributed by atoms with E-state index in [2.05, 4.69) is 9.97 Å². The zero-order chi connectivity index (χ0) is 11.8. The molecule has 0 aromatic carbocycles. The van der Waals surface area contributed by atoms with Gasteiger partial charge in [0.1, 0.15) is 11.9 Å². The summed E-state index contributed by atoms with van der Waals surface area (Å²) in [6, 6.07) is 0. The fourth-order valence-electron chi connectivity index (χ4n) is 1.72. The summed E-state index contributed by atoms with van der Waals surface area (Å²) >= 11 is 0. The van der Waals surface area contributed by atoms with Crippen molar-refractivity contribution in [1.82, 2.24) is 14.9 Å².